The van der Waals surface area contributed by atoms with Crippen LogP contribution >= 0.6 is 0 Å². The molecule has 0 aliphatic carbocycles. The number of aliphatic carboxylic acids is 1. The fraction of sp³-hybridized carbons (Fsp3) is 0.167. The number of rotatable bonds is 6. The van der Waals surface area contributed by atoms with Gasteiger partial charge in [0, 0.05) is 11.9 Å². The lowest BCUT2D eigenvalue weighted by atomic mass is 9.99. The Balaban J connectivity index is 1.68. The summed E-state index contributed by atoms with van der Waals surface area (Å²) in [6.45, 7) is 0.0459. The number of benzene rings is 2. The van der Waals surface area contributed by atoms with Crippen LogP contribution in [0.25, 0.3) is 10.9 Å². The normalized spacial score (nSPS) is 12.0. The lowest BCUT2D eigenvalue weighted by Gasteiger charge is -2.13. The van der Waals surface area contributed by atoms with E-state index in [-0.39, 0.29) is 18.1 Å². The molecular weight excluding hydrogens is 306 g/mol. The predicted octanol–water partition coefficient (Wildman–Crippen LogP) is 2.24. The first-order valence-corrected chi connectivity index (χ1v) is 7.63. The van der Waals surface area contributed by atoms with E-state index in [9.17, 15) is 14.7 Å². The maximum atomic E-state index is 12.3. The number of carboxylic acids is 1. The van der Waals surface area contributed by atoms with Crippen molar-refractivity contribution < 1.29 is 14.7 Å². The number of para-hydroxylation sites is 1. The third-order valence-corrected chi connectivity index (χ3v) is 3.87. The second-order valence-corrected chi connectivity index (χ2v) is 5.55. The fourth-order valence-corrected chi connectivity index (χ4v) is 2.58. The van der Waals surface area contributed by atoms with Crippen molar-refractivity contribution >= 4 is 22.8 Å². The highest BCUT2D eigenvalue weighted by Gasteiger charge is 2.21. The zero-order chi connectivity index (χ0) is 16.9. The summed E-state index contributed by atoms with van der Waals surface area (Å²) in [5, 5.41) is 19.6. The summed E-state index contributed by atoms with van der Waals surface area (Å²) >= 11 is 0. The zero-order valence-corrected chi connectivity index (χ0v) is 12.9. The summed E-state index contributed by atoms with van der Waals surface area (Å²) < 4.78 is 0. The van der Waals surface area contributed by atoms with Gasteiger partial charge in [0.2, 0.25) is 0 Å². The van der Waals surface area contributed by atoms with E-state index in [4.69, 9.17) is 0 Å². The third kappa shape index (κ3) is 3.43. The second-order valence-electron chi connectivity index (χ2n) is 5.55. The molecule has 122 valence electrons. The van der Waals surface area contributed by atoms with Crippen LogP contribution in [-0.4, -0.2) is 33.7 Å². The monoisotopic (exact) mass is 323 g/mol. The molecule has 1 amide bonds. The van der Waals surface area contributed by atoms with Crippen molar-refractivity contribution in [1.29, 1.82) is 0 Å². The van der Waals surface area contributed by atoms with Gasteiger partial charge in [0.05, 0.1) is 11.4 Å². The summed E-state index contributed by atoms with van der Waals surface area (Å²) in [7, 11) is 0. The summed E-state index contributed by atoms with van der Waals surface area (Å²) in [6, 6.07) is 16.7. The minimum Gasteiger partial charge on any atom is -0.481 e. The van der Waals surface area contributed by atoms with E-state index < -0.39 is 11.9 Å². The number of nitrogens with zero attached hydrogens (tertiary/aromatic N) is 1. The van der Waals surface area contributed by atoms with E-state index in [1.54, 1.807) is 6.07 Å². The first kappa shape index (κ1) is 15.7. The molecule has 1 atom stereocenters. The molecule has 1 heterocycles. The van der Waals surface area contributed by atoms with Gasteiger partial charge in [-0.25, -0.2) is 0 Å². The van der Waals surface area contributed by atoms with Crippen LogP contribution in [0.1, 0.15) is 16.1 Å². The van der Waals surface area contributed by atoms with Crippen LogP contribution < -0.4 is 5.32 Å². The van der Waals surface area contributed by atoms with Gasteiger partial charge >= 0.3 is 5.97 Å². The molecule has 0 radical (unpaired) electrons. The van der Waals surface area contributed by atoms with Gasteiger partial charge in [0.25, 0.3) is 5.91 Å². The Hall–Kier alpha value is -3.15. The number of carboxylic acid groups (broad SMARTS) is 1. The van der Waals surface area contributed by atoms with E-state index in [0.717, 1.165) is 11.1 Å². The molecule has 0 spiro atoms. The van der Waals surface area contributed by atoms with Crippen molar-refractivity contribution in [2.75, 3.05) is 6.54 Å². The van der Waals surface area contributed by atoms with Crippen LogP contribution in [-0.2, 0) is 11.2 Å². The number of H-pyrrole nitrogens is 1. The van der Waals surface area contributed by atoms with Crippen molar-refractivity contribution in [2.45, 2.75) is 6.42 Å². The maximum absolute atomic E-state index is 12.3. The Morgan fingerprint density at radius 1 is 1.08 bits per heavy atom. The Morgan fingerprint density at radius 3 is 2.54 bits per heavy atom. The summed E-state index contributed by atoms with van der Waals surface area (Å²) in [5.41, 5.74) is 1.96. The molecule has 0 bridgehead atoms. The highest BCUT2D eigenvalue weighted by Crippen LogP contribution is 2.15. The van der Waals surface area contributed by atoms with E-state index in [1.807, 2.05) is 48.5 Å². The van der Waals surface area contributed by atoms with E-state index in [0.29, 0.717) is 11.8 Å². The molecule has 0 saturated carbocycles. The van der Waals surface area contributed by atoms with E-state index >= 15 is 0 Å². The first-order valence-electron chi connectivity index (χ1n) is 7.63. The van der Waals surface area contributed by atoms with Crippen molar-refractivity contribution in [1.82, 2.24) is 15.5 Å². The van der Waals surface area contributed by atoms with Gasteiger partial charge in [-0.05, 0) is 18.1 Å². The number of aromatic amines is 1. The lowest BCUT2D eigenvalue weighted by molar-refractivity contribution is -0.141. The molecule has 0 fully saturated rings. The van der Waals surface area contributed by atoms with Crippen molar-refractivity contribution in [3.05, 3.63) is 65.9 Å². The third-order valence-electron chi connectivity index (χ3n) is 3.87. The van der Waals surface area contributed by atoms with Gasteiger partial charge < -0.3 is 10.4 Å². The minimum absolute atomic E-state index is 0.0459. The number of amides is 1. The van der Waals surface area contributed by atoms with Gasteiger partial charge in [-0.1, -0.05) is 48.5 Å². The molecular formula is C18H17N3O3. The van der Waals surface area contributed by atoms with E-state index in [1.165, 1.54) is 0 Å². The molecule has 0 unspecified atom stereocenters. The highest BCUT2D eigenvalue weighted by atomic mass is 16.4. The van der Waals surface area contributed by atoms with Crippen molar-refractivity contribution in [2.24, 2.45) is 5.92 Å². The number of fused-ring (bicyclic) bond motifs is 1. The average Bonchev–Trinajstić information content (AvgIpc) is 3.03. The van der Waals surface area contributed by atoms with Crippen molar-refractivity contribution in [3.8, 4) is 0 Å². The predicted molar refractivity (Wildman–Crippen MR) is 89.7 cm³/mol. The smallest absolute Gasteiger partial charge is 0.308 e. The van der Waals surface area contributed by atoms with Gasteiger partial charge in [-0.15, -0.1) is 0 Å². The molecule has 2 aromatic carbocycles. The fourth-order valence-electron chi connectivity index (χ4n) is 2.58. The van der Waals surface area contributed by atoms with E-state index in [2.05, 4.69) is 15.5 Å². The number of aromatic nitrogens is 2. The van der Waals surface area contributed by atoms with Crippen LogP contribution in [0.4, 0.5) is 0 Å². The number of hydrogen-bond donors (Lipinski definition) is 3. The van der Waals surface area contributed by atoms with Gasteiger partial charge in [0.15, 0.2) is 5.69 Å². The Morgan fingerprint density at radius 2 is 1.79 bits per heavy atom. The Labute approximate surface area is 138 Å². The zero-order valence-electron chi connectivity index (χ0n) is 12.9. The Bertz CT molecular complexity index is 858. The molecule has 0 aliphatic heterocycles. The number of carbonyl (C=O) groups excluding carboxylic acids is 1. The van der Waals surface area contributed by atoms with Crippen LogP contribution in [0.2, 0.25) is 0 Å². The van der Waals surface area contributed by atoms with Gasteiger partial charge in [0.1, 0.15) is 0 Å². The molecule has 3 N–H and O–H groups in total. The molecule has 6 heteroatoms. The average molecular weight is 323 g/mol. The molecule has 1 aromatic heterocycles. The molecule has 3 aromatic rings. The second kappa shape index (κ2) is 6.95. The maximum Gasteiger partial charge on any atom is 0.308 e. The number of carbonyl (C=O) groups is 2. The van der Waals surface area contributed by atoms with Crippen molar-refractivity contribution in [3.63, 3.8) is 0 Å². The topological polar surface area (TPSA) is 95.1 Å². The quantitative estimate of drug-likeness (QED) is 0.648. The summed E-state index contributed by atoms with van der Waals surface area (Å²) in [6.07, 6.45) is 0.359. The molecule has 0 saturated heterocycles. The SMILES string of the molecule is O=C(NC[C@H](Cc1ccccc1)C(=O)O)c1n[nH]c2ccccc12. The van der Waals surface area contributed by atoms with Crippen LogP contribution in [0.3, 0.4) is 0 Å². The number of hydrogen-bond acceptors (Lipinski definition) is 3. The number of nitrogens with one attached hydrogen (secondary N) is 2. The molecule has 6 nitrogen and oxygen atoms in total. The van der Waals surface area contributed by atoms with Crippen LogP contribution in [0, 0.1) is 5.92 Å². The largest absolute Gasteiger partial charge is 0.481 e. The summed E-state index contributed by atoms with van der Waals surface area (Å²) in [5.74, 6) is -2.01. The Kier molecular flexibility index (Phi) is 4.56. The standard InChI is InChI=1S/C18H17N3O3/c22-17(16-14-8-4-5-9-15(14)20-21-16)19-11-13(18(23)24)10-12-6-2-1-3-7-12/h1-9,13H,10-11H2,(H,19,22)(H,20,21)(H,23,24)/t13-/m0/s1. The molecule has 0 aliphatic rings. The van der Waals surface area contributed by atoms with Crippen LogP contribution in [0.15, 0.2) is 54.6 Å². The lowest BCUT2D eigenvalue weighted by Crippen LogP contribution is -2.34. The minimum atomic E-state index is -0.939. The molecule has 24 heavy (non-hydrogen) atoms. The molecule has 3 rings (SSSR count). The highest BCUT2D eigenvalue weighted by molar-refractivity contribution is 6.04. The van der Waals surface area contributed by atoms with Gasteiger partial charge in [-0.3, -0.25) is 14.7 Å². The van der Waals surface area contributed by atoms with Crippen LogP contribution in [0.5, 0.6) is 0 Å². The summed E-state index contributed by atoms with van der Waals surface area (Å²) in [4.78, 5) is 23.8. The van der Waals surface area contributed by atoms with Gasteiger partial charge in [-0.2, -0.15) is 5.10 Å². The first-order chi connectivity index (χ1) is 11.6.